The largest absolute Gasteiger partial charge is 0.481 e. The maximum Gasteiger partial charge on any atom is 0.261 e. The van der Waals surface area contributed by atoms with Crippen LogP contribution in [0.3, 0.4) is 0 Å². The Morgan fingerprint density at radius 3 is 2.60 bits per heavy atom. The second kappa shape index (κ2) is 11.6. The molecule has 6 nitrogen and oxygen atoms in total. The van der Waals surface area contributed by atoms with Crippen molar-refractivity contribution in [1.29, 1.82) is 0 Å². The average molecular weight is 472 g/mol. The van der Waals surface area contributed by atoms with Gasteiger partial charge in [-0.1, -0.05) is 56.3 Å². The molecular formula is C29H33N3O3. The van der Waals surface area contributed by atoms with Crippen LogP contribution in [0.2, 0.25) is 0 Å². The van der Waals surface area contributed by atoms with Crippen LogP contribution in [0.5, 0.6) is 5.75 Å². The van der Waals surface area contributed by atoms with E-state index in [2.05, 4.69) is 28.5 Å². The molecule has 0 bridgehead atoms. The molecule has 0 aliphatic carbocycles. The van der Waals surface area contributed by atoms with Crippen LogP contribution >= 0.6 is 0 Å². The number of ether oxygens (including phenoxy) is 1. The number of aromatic nitrogens is 1. The molecule has 2 atom stereocenters. The van der Waals surface area contributed by atoms with E-state index in [4.69, 9.17) is 4.74 Å². The Balaban J connectivity index is 1.51. The fourth-order valence-corrected chi connectivity index (χ4v) is 4.59. The Kier molecular flexibility index (Phi) is 8.14. The standard InChI is InChI=1S/C29H33N3O3/c1-3-26(29(34)31-18-15-23-12-8-9-17-30-23)35-24-14-13-21-16-19-32(27(33)4-2)28(25(21)20-24)22-10-6-5-7-11-22/h5-14,17,20,26,28H,3-4,15-16,18-19H2,1-2H3,(H,31,34). The molecule has 35 heavy (non-hydrogen) atoms. The van der Waals surface area contributed by atoms with Crippen molar-refractivity contribution in [3.8, 4) is 5.75 Å². The number of hydrogen-bond acceptors (Lipinski definition) is 4. The molecule has 1 N–H and O–H groups in total. The molecule has 0 saturated carbocycles. The first-order valence-corrected chi connectivity index (χ1v) is 12.4. The molecule has 2 aromatic carbocycles. The Hall–Kier alpha value is -3.67. The predicted molar refractivity (Wildman–Crippen MR) is 136 cm³/mol. The molecule has 182 valence electrons. The minimum absolute atomic E-state index is 0.134. The molecule has 0 saturated heterocycles. The van der Waals surface area contributed by atoms with Gasteiger partial charge in [0.1, 0.15) is 5.75 Å². The summed E-state index contributed by atoms with van der Waals surface area (Å²) in [6.45, 7) is 5.04. The van der Waals surface area contributed by atoms with Gasteiger partial charge in [-0.05, 0) is 53.8 Å². The van der Waals surface area contributed by atoms with Crippen LogP contribution in [-0.4, -0.2) is 40.9 Å². The first kappa shape index (κ1) is 24.5. The van der Waals surface area contributed by atoms with Crippen LogP contribution < -0.4 is 10.1 Å². The molecule has 1 aromatic heterocycles. The zero-order chi connectivity index (χ0) is 24.6. The molecule has 6 heteroatoms. The van der Waals surface area contributed by atoms with E-state index in [1.807, 2.05) is 67.3 Å². The van der Waals surface area contributed by atoms with Crippen molar-refractivity contribution < 1.29 is 14.3 Å². The highest BCUT2D eigenvalue weighted by molar-refractivity contribution is 5.81. The van der Waals surface area contributed by atoms with Crippen LogP contribution in [0.15, 0.2) is 72.9 Å². The number of carbonyl (C=O) groups excluding carboxylic acids is 2. The predicted octanol–water partition coefficient (Wildman–Crippen LogP) is 4.48. The minimum atomic E-state index is -0.594. The maximum absolute atomic E-state index is 12.8. The molecule has 0 spiro atoms. The average Bonchev–Trinajstić information content (AvgIpc) is 2.91. The number of nitrogens with one attached hydrogen (secondary N) is 1. The fraction of sp³-hybridized carbons (Fsp3) is 0.345. The summed E-state index contributed by atoms with van der Waals surface area (Å²) in [5, 5.41) is 2.97. The van der Waals surface area contributed by atoms with Gasteiger partial charge < -0.3 is 15.0 Å². The second-order valence-electron chi connectivity index (χ2n) is 8.74. The normalized spacial score (nSPS) is 15.7. The van der Waals surface area contributed by atoms with Crippen LogP contribution in [0, 0.1) is 0 Å². The summed E-state index contributed by atoms with van der Waals surface area (Å²) in [5.41, 5.74) is 4.28. The highest BCUT2D eigenvalue weighted by Gasteiger charge is 2.32. The van der Waals surface area contributed by atoms with Gasteiger partial charge in [0.05, 0.1) is 6.04 Å². The van der Waals surface area contributed by atoms with Gasteiger partial charge in [0.25, 0.3) is 5.91 Å². The first-order chi connectivity index (χ1) is 17.1. The number of amides is 2. The number of nitrogens with zero attached hydrogens (tertiary/aromatic N) is 2. The van der Waals surface area contributed by atoms with Crippen molar-refractivity contribution in [2.24, 2.45) is 0 Å². The minimum Gasteiger partial charge on any atom is -0.481 e. The summed E-state index contributed by atoms with van der Waals surface area (Å²) >= 11 is 0. The van der Waals surface area contributed by atoms with Gasteiger partial charge in [0.2, 0.25) is 5.91 Å². The lowest BCUT2D eigenvalue weighted by Gasteiger charge is -2.38. The van der Waals surface area contributed by atoms with Crippen molar-refractivity contribution in [2.75, 3.05) is 13.1 Å². The van der Waals surface area contributed by atoms with E-state index < -0.39 is 6.10 Å². The lowest BCUT2D eigenvalue weighted by molar-refractivity contribution is -0.133. The number of carbonyl (C=O) groups is 2. The lowest BCUT2D eigenvalue weighted by atomic mass is 9.87. The number of benzene rings is 2. The third-order valence-corrected chi connectivity index (χ3v) is 6.43. The van der Waals surface area contributed by atoms with Gasteiger partial charge in [-0.25, -0.2) is 0 Å². The third-order valence-electron chi connectivity index (χ3n) is 6.43. The van der Waals surface area contributed by atoms with E-state index >= 15 is 0 Å². The molecular weight excluding hydrogens is 438 g/mol. The molecule has 2 heterocycles. The summed E-state index contributed by atoms with van der Waals surface area (Å²) in [5.74, 6) is 0.639. The molecule has 0 fully saturated rings. The summed E-state index contributed by atoms with van der Waals surface area (Å²) in [6.07, 6.45) is 3.64. The summed E-state index contributed by atoms with van der Waals surface area (Å²) < 4.78 is 6.17. The van der Waals surface area contributed by atoms with Gasteiger partial charge in [-0.15, -0.1) is 0 Å². The van der Waals surface area contributed by atoms with E-state index in [0.717, 1.165) is 23.2 Å². The zero-order valence-corrected chi connectivity index (χ0v) is 20.4. The van der Waals surface area contributed by atoms with Gasteiger partial charge in [-0.3, -0.25) is 14.6 Å². The quantitative estimate of drug-likeness (QED) is 0.499. The summed E-state index contributed by atoms with van der Waals surface area (Å²) in [4.78, 5) is 31.9. The van der Waals surface area contributed by atoms with Crippen LogP contribution in [0.4, 0.5) is 0 Å². The van der Waals surface area contributed by atoms with Crippen molar-refractivity contribution in [3.05, 3.63) is 95.3 Å². The van der Waals surface area contributed by atoms with Crippen LogP contribution in [-0.2, 0) is 22.4 Å². The smallest absolute Gasteiger partial charge is 0.261 e. The van der Waals surface area contributed by atoms with Gasteiger partial charge >= 0.3 is 0 Å². The number of hydrogen-bond donors (Lipinski definition) is 1. The molecule has 4 rings (SSSR count). The Morgan fingerprint density at radius 2 is 1.89 bits per heavy atom. The van der Waals surface area contributed by atoms with Crippen molar-refractivity contribution in [1.82, 2.24) is 15.2 Å². The van der Waals surface area contributed by atoms with E-state index in [0.29, 0.717) is 38.1 Å². The summed E-state index contributed by atoms with van der Waals surface area (Å²) in [7, 11) is 0. The van der Waals surface area contributed by atoms with Crippen molar-refractivity contribution in [2.45, 2.75) is 51.7 Å². The third kappa shape index (κ3) is 5.88. The molecule has 0 radical (unpaired) electrons. The zero-order valence-electron chi connectivity index (χ0n) is 20.4. The number of fused-ring (bicyclic) bond motifs is 1. The van der Waals surface area contributed by atoms with Gasteiger partial charge in [0.15, 0.2) is 6.10 Å². The molecule has 2 unspecified atom stereocenters. The van der Waals surface area contributed by atoms with E-state index in [9.17, 15) is 9.59 Å². The Labute approximate surface area is 207 Å². The van der Waals surface area contributed by atoms with Gasteiger partial charge in [-0.2, -0.15) is 0 Å². The van der Waals surface area contributed by atoms with E-state index in [1.165, 1.54) is 5.56 Å². The second-order valence-corrected chi connectivity index (χ2v) is 8.74. The fourth-order valence-electron chi connectivity index (χ4n) is 4.59. The SMILES string of the molecule is CCC(=O)N1CCc2ccc(OC(CC)C(=O)NCCc3ccccn3)cc2C1c1ccccc1. The highest BCUT2D eigenvalue weighted by Crippen LogP contribution is 2.37. The molecule has 3 aromatic rings. The molecule has 1 aliphatic heterocycles. The Bertz CT molecular complexity index is 1130. The van der Waals surface area contributed by atoms with E-state index in [-0.39, 0.29) is 17.9 Å². The number of pyridine rings is 1. The maximum atomic E-state index is 12.8. The Morgan fingerprint density at radius 1 is 1.09 bits per heavy atom. The summed E-state index contributed by atoms with van der Waals surface area (Å²) in [6, 6.07) is 21.7. The molecule has 2 amide bonds. The highest BCUT2D eigenvalue weighted by atomic mass is 16.5. The lowest BCUT2D eigenvalue weighted by Crippen LogP contribution is -2.40. The van der Waals surface area contributed by atoms with Crippen molar-refractivity contribution >= 4 is 11.8 Å². The van der Waals surface area contributed by atoms with Crippen LogP contribution in [0.1, 0.15) is 55.1 Å². The van der Waals surface area contributed by atoms with Crippen molar-refractivity contribution in [3.63, 3.8) is 0 Å². The molecule has 1 aliphatic rings. The van der Waals surface area contributed by atoms with E-state index in [1.54, 1.807) is 6.20 Å². The number of rotatable bonds is 9. The van der Waals surface area contributed by atoms with Crippen LogP contribution in [0.25, 0.3) is 0 Å². The van der Waals surface area contributed by atoms with Gasteiger partial charge in [0, 0.05) is 37.8 Å². The monoisotopic (exact) mass is 471 g/mol. The topological polar surface area (TPSA) is 71.5 Å². The first-order valence-electron chi connectivity index (χ1n) is 12.4.